The van der Waals surface area contributed by atoms with Crippen LogP contribution in [0.15, 0.2) is 42.5 Å². The first-order chi connectivity index (χ1) is 9.13. The molecule has 2 heteroatoms. The highest BCUT2D eigenvalue weighted by Crippen LogP contribution is 2.38. The van der Waals surface area contributed by atoms with E-state index in [0.29, 0.717) is 12.2 Å². The molecule has 0 fully saturated rings. The Morgan fingerprint density at radius 2 is 1.68 bits per heavy atom. The first-order valence-electron chi connectivity index (χ1n) is 6.51. The normalized spacial score (nSPS) is 17.8. The number of fused-ring (bicyclic) bond motifs is 1. The molecule has 0 spiro atoms. The fourth-order valence-corrected chi connectivity index (χ4v) is 2.55. The molecule has 3 rings (SSSR count). The highest BCUT2D eigenvalue weighted by molar-refractivity contribution is 5.77. The zero-order valence-electron chi connectivity index (χ0n) is 11.1. The van der Waals surface area contributed by atoms with Crippen LogP contribution in [-0.4, -0.2) is 5.97 Å². The summed E-state index contributed by atoms with van der Waals surface area (Å²) in [5.41, 5.74) is 4.61. The summed E-state index contributed by atoms with van der Waals surface area (Å²) in [7, 11) is 0. The second-order valence-electron chi connectivity index (χ2n) is 5.18. The van der Waals surface area contributed by atoms with Crippen molar-refractivity contribution in [3.05, 3.63) is 64.7 Å². The Morgan fingerprint density at radius 1 is 1.00 bits per heavy atom. The van der Waals surface area contributed by atoms with Gasteiger partial charge in [0.05, 0.1) is 6.42 Å². The van der Waals surface area contributed by atoms with Gasteiger partial charge in [-0.3, -0.25) is 4.79 Å². The van der Waals surface area contributed by atoms with Gasteiger partial charge in [-0.15, -0.1) is 0 Å². The van der Waals surface area contributed by atoms with Gasteiger partial charge < -0.3 is 4.74 Å². The van der Waals surface area contributed by atoms with E-state index in [4.69, 9.17) is 4.74 Å². The van der Waals surface area contributed by atoms with Crippen molar-refractivity contribution >= 4 is 5.97 Å². The lowest BCUT2D eigenvalue weighted by Gasteiger charge is -2.25. The molecular weight excluding hydrogens is 236 g/mol. The van der Waals surface area contributed by atoms with Crippen LogP contribution in [0, 0.1) is 13.8 Å². The van der Waals surface area contributed by atoms with E-state index in [0.717, 1.165) is 11.1 Å². The van der Waals surface area contributed by atoms with Gasteiger partial charge in [0, 0.05) is 11.5 Å². The van der Waals surface area contributed by atoms with Crippen LogP contribution < -0.4 is 4.74 Å². The van der Waals surface area contributed by atoms with Crippen molar-refractivity contribution in [1.82, 2.24) is 0 Å². The maximum absolute atomic E-state index is 11.8. The number of carbonyl (C=O) groups is 1. The quantitative estimate of drug-likeness (QED) is 0.571. The minimum atomic E-state index is -0.149. The van der Waals surface area contributed by atoms with E-state index in [-0.39, 0.29) is 11.9 Å². The molecule has 0 bridgehead atoms. The number of benzene rings is 2. The van der Waals surface area contributed by atoms with Crippen LogP contribution in [0.5, 0.6) is 5.75 Å². The summed E-state index contributed by atoms with van der Waals surface area (Å²) in [5, 5.41) is 0. The van der Waals surface area contributed by atoms with Crippen LogP contribution in [0.1, 0.15) is 34.6 Å². The second kappa shape index (κ2) is 4.54. The molecule has 1 aliphatic heterocycles. The molecule has 96 valence electrons. The van der Waals surface area contributed by atoms with Crippen molar-refractivity contribution in [3.63, 3.8) is 0 Å². The van der Waals surface area contributed by atoms with Crippen molar-refractivity contribution in [2.75, 3.05) is 0 Å². The average molecular weight is 252 g/mol. The van der Waals surface area contributed by atoms with E-state index in [1.54, 1.807) is 0 Å². The van der Waals surface area contributed by atoms with E-state index < -0.39 is 0 Å². The van der Waals surface area contributed by atoms with Crippen molar-refractivity contribution in [2.45, 2.75) is 26.2 Å². The van der Waals surface area contributed by atoms with Gasteiger partial charge in [-0.1, -0.05) is 42.0 Å². The lowest BCUT2D eigenvalue weighted by molar-refractivity contribution is -0.135. The van der Waals surface area contributed by atoms with Gasteiger partial charge in [0.1, 0.15) is 5.75 Å². The van der Waals surface area contributed by atoms with E-state index >= 15 is 0 Å². The first-order valence-corrected chi connectivity index (χ1v) is 6.51. The third-order valence-electron chi connectivity index (χ3n) is 3.62. The summed E-state index contributed by atoms with van der Waals surface area (Å²) in [6, 6.07) is 14.4. The molecule has 0 radical (unpaired) electrons. The van der Waals surface area contributed by atoms with Crippen molar-refractivity contribution < 1.29 is 9.53 Å². The van der Waals surface area contributed by atoms with E-state index in [9.17, 15) is 4.79 Å². The average Bonchev–Trinajstić information content (AvgIpc) is 2.38. The summed E-state index contributed by atoms with van der Waals surface area (Å²) in [6.45, 7) is 4.07. The molecule has 0 saturated carbocycles. The smallest absolute Gasteiger partial charge is 0.312 e. The first kappa shape index (κ1) is 12.0. The molecule has 0 amide bonds. The van der Waals surface area contributed by atoms with E-state index in [1.807, 2.05) is 13.0 Å². The summed E-state index contributed by atoms with van der Waals surface area (Å²) >= 11 is 0. The fourth-order valence-electron chi connectivity index (χ4n) is 2.55. The number of aryl methyl sites for hydroxylation is 2. The van der Waals surface area contributed by atoms with Gasteiger partial charge in [0.15, 0.2) is 0 Å². The van der Waals surface area contributed by atoms with E-state index in [1.165, 1.54) is 11.1 Å². The standard InChI is InChI=1S/C17H16O2/c1-11-3-6-13(7-4-11)15-10-17(18)19-16-9-12(2)5-8-14(15)16/h3-9,15H,10H2,1-2H3/t15-/m0/s1. The summed E-state index contributed by atoms with van der Waals surface area (Å²) in [4.78, 5) is 11.8. The fraction of sp³-hybridized carbons (Fsp3) is 0.235. The summed E-state index contributed by atoms with van der Waals surface area (Å²) in [6.07, 6.45) is 0.416. The molecule has 0 aromatic heterocycles. The summed E-state index contributed by atoms with van der Waals surface area (Å²) in [5.74, 6) is 0.669. The van der Waals surface area contributed by atoms with Crippen LogP contribution in [-0.2, 0) is 4.79 Å². The Hall–Kier alpha value is -2.09. The number of carbonyl (C=O) groups excluding carboxylic acids is 1. The predicted molar refractivity (Wildman–Crippen MR) is 74.5 cm³/mol. The third-order valence-corrected chi connectivity index (χ3v) is 3.62. The van der Waals surface area contributed by atoms with Gasteiger partial charge in [-0.05, 0) is 31.0 Å². The molecule has 0 N–H and O–H groups in total. The second-order valence-corrected chi connectivity index (χ2v) is 5.18. The zero-order valence-corrected chi connectivity index (χ0v) is 11.1. The number of rotatable bonds is 1. The Bertz CT molecular complexity index is 626. The number of esters is 1. The van der Waals surface area contributed by atoms with Crippen molar-refractivity contribution in [3.8, 4) is 5.75 Å². The summed E-state index contributed by atoms with van der Waals surface area (Å²) < 4.78 is 5.35. The van der Waals surface area contributed by atoms with Crippen molar-refractivity contribution in [1.29, 1.82) is 0 Å². The largest absolute Gasteiger partial charge is 0.426 e. The highest BCUT2D eigenvalue weighted by atomic mass is 16.5. The molecule has 19 heavy (non-hydrogen) atoms. The number of ether oxygens (including phenoxy) is 1. The van der Waals surface area contributed by atoms with Crippen LogP contribution in [0.4, 0.5) is 0 Å². The molecule has 2 aromatic carbocycles. The highest BCUT2D eigenvalue weighted by Gasteiger charge is 2.28. The Kier molecular flexibility index (Phi) is 2.86. The molecule has 0 aliphatic carbocycles. The van der Waals surface area contributed by atoms with Crippen LogP contribution in [0.25, 0.3) is 0 Å². The molecule has 1 atom stereocenters. The molecule has 0 unspecified atom stereocenters. The van der Waals surface area contributed by atoms with Gasteiger partial charge in [0.25, 0.3) is 0 Å². The molecule has 2 nitrogen and oxygen atoms in total. The zero-order chi connectivity index (χ0) is 13.4. The van der Waals surface area contributed by atoms with Crippen LogP contribution in [0.2, 0.25) is 0 Å². The Balaban J connectivity index is 2.08. The van der Waals surface area contributed by atoms with E-state index in [2.05, 4.69) is 43.3 Å². The molecule has 0 saturated heterocycles. The molecule has 1 heterocycles. The maximum Gasteiger partial charge on any atom is 0.312 e. The monoisotopic (exact) mass is 252 g/mol. The lowest BCUT2D eigenvalue weighted by Crippen LogP contribution is -2.21. The molecule has 1 aliphatic rings. The number of hydrogen-bond acceptors (Lipinski definition) is 2. The minimum Gasteiger partial charge on any atom is -0.426 e. The third kappa shape index (κ3) is 2.26. The Morgan fingerprint density at radius 3 is 2.42 bits per heavy atom. The van der Waals surface area contributed by atoms with Crippen LogP contribution in [0.3, 0.4) is 0 Å². The van der Waals surface area contributed by atoms with Crippen LogP contribution >= 0.6 is 0 Å². The van der Waals surface area contributed by atoms with Gasteiger partial charge in [-0.2, -0.15) is 0 Å². The maximum atomic E-state index is 11.8. The SMILES string of the molecule is Cc1ccc([C@@H]2CC(=O)Oc3cc(C)ccc32)cc1. The minimum absolute atomic E-state index is 0.109. The van der Waals surface area contributed by atoms with Gasteiger partial charge in [-0.25, -0.2) is 0 Å². The number of hydrogen-bond donors (Lipinski definition) is 0. The predicted octanol–water partition coefficient (Wildman–Crippen LogP) is 3.74. The Labute approximate surface area is 113 Å². The van der Waals surface area contributed by atoms with Gasteiger partial charge >= 0.3 is 5.97 Å². The molecule has 2 aromatic rings. The lowest BCUT2D eigenvalue weighted by atomic mass is 9.86. The molecular formula is C17H16O2. The van der Waals surface area contributed by atoms with Crippen molar-refractivity contribution in [2.24, 2.45) is 0 Å². The van der Waals surface area contributed by atoms with Gasteiger partial charge in [0.2, 0.25) is 0 Å². The topological polar surface area (TPSA) is 26.3 Å².